The van der Waals surface area contributed by atoms with Crippen LogP contribution in [0.2, 0.25) is 0 Å². The van der Waals surface area contributed by atoms with Crippen LogP contribution in [-0.2, 0) is 16.1 Å². The predicted octanol–water partition coefficient (Wildman–Crippen LogP) is 3.33. The molecule has 0 radical (unpaired) electrons. The van der Waals surface area contributed by atoms with Gasteiger partial charge in [-0.15, -0.1) is 0 Å². The maximum absolute atomic E-state index is 12.1. The van der Waals surface area contributed by atoms with Crippen LogP contribution in [-0.4, -0.2) is 28.3 Å². The van der Waals surface area contributed by atoms with Gasteiger partial charge in [-0.2, -0.15) is 5.10 Å². The first-order valence-electron chi connectivity index (χ1n) is 7.90. The molecule has 0 saturated carbocycles. The maximum atomic E-state index is 12.1. The summed E-state index contributed by atoms with van der Waals surface area (Å²) >= 11 is 2.12. The Kier molecular flexibility index (Phi) is 6.00. The number of hydrogen-bond donors (Lipinski definition) is 1. The van der Waals surface area contributed by atoms with E-state index in [1.807, 2.05) is 48.5 Å². The molecule has 0 atom stereocenters. The second kappa shape index (κ2) is 8.61. The van der Waals surface area contributed by atoms with E-state index in [0.717, 1.165) is 9.13 Å². The van der Waals surface area contributed by atoms with Gasteiger partial charge in [0.1, 0.15) is 0 Å². The Morgan fingerprint density at radius 3 is 2.58 bits per heavy atom. The van der Waals surface area contributed by atoms with Crippen molar-refractivity contribution in [3.8, 4) is 0 Å². The summed E-state index contributed by atoms with van der Waals surface area (Å²) in [5.74, 6) is -0.971. The summed E-state index contributed by atoms with van der Waals surface area (Å²) in [5, 5.41) is 6.86. The first kappa shape index (κ1) is 18.1. The van der Waals surface area contributed by atoms with Gasteiger partial charge in [0.15, 0.2) is 6.61 Å². The van der Waals surface area contributed by atoms with Crippen LogP contribution in [0, 0.1) is 3.57 Å². The highest BCUT2D eigenvalue weighted by Gasteiger charge is 2.13. The van der Waals surface area contributed by atoms with E-state index >= 15 is 0 Å². The van der Waals surface area contributed by atoms with Crippen molar-refractivity contribution < 1.29 is 14.3 Å². The molecule has 1 N–H and O–H groups in total. The number of carbonyl (C=O) groups is 2. The summed E-state index contributed by atoms with van der Waals surface area (Å²) < 4.78 is 7.62. The number of carbonyl (C=O) groups excluding carboxylic acids is 2. The van der Waals surface area contributed by atoms with Crippen molar-refractivity contribution in [1.29, 1.82) is 0 Å². The average molecular weight is 461 g/mol. The fourth-order valence-corrected chi connectivity index (χ4v) is 2.81. The SMILES string of the molecule is O=C(COC(=O)c1cnn(Cc2ccccc2)c1)Nc1ccccc1I. The van der Waals surface area contributed by atoms with E-state index in [2.05, 4.69) is 33.0 Å². The van der Waals surface area contributed by atoms with Crippen molar-refractivity contribution in [2.75, 3.05) is 11.9 Å². The normalized spacial score (nSPS) is 10.3. The molecule has 1 heterocycles. The van der Waals surface area contributed by atoms with E-state index < -0.39 is 5.97 Å². The summed E-state index contributed by atoms with van der Waals surface area (Å²) in [6.45, 7) is 0.203. The molecule has 1 amide bonds. The molecular formula is C19H16IN3O3. The van der Waals surface area contributed by atoms with Gasteiger partial charge in [-0.1, -0.05) is 42.5 Å². The van der Waals surface area contributed by atoms with E-state index in [1.165, 1.54) is 6.20 Å². The lowest BCUT2D eigenvalue weighted by Crippen LogP contribution is -2.21. The van der Waals surface area contributed by atoms with Crippen LogP contribution < -0.4 is 5.32 Å². The largest absolute Gasteiger partial charge is 0.452 e. The lowest BCUT2D eigenvalue weighted by atomic mass is 10.2. The molecular weight excluding hydrogens is 445 g/mol. The number of nitrogens with zero attached hydrogens (tertiary/aromatic N) is 2. The Hall–Kier alpha value is -2.68. The molecule has 26 heavy (non-hydrogen) atoms. The monoisotopic (exact) mass is 461 g/mol. The van der Waals surface area contributed by atoms with Crippen LogP contribution in [0.1, 0.15) is 15.9 Å². The zero-order valence-electron chi connectivity index (χ0n) is 13.8. The van der Waals surface area contributed by atoms with E-state index in [-0.39, 0.29) is 12.5 Å². The van der Waals surface area contributed by atoms with E-state index in [0.29, 0.717) is 17.8 Å². The molecule has 0 aliphatic carbocycles. The highest BCUT2D eigenvalue weighted by atomic mass is 127. The molecule has 0 spiro atoms. The summed E-state index contributed by atoms with van der Waals surface area (Å²) in [6, 6.07) is 17.2. The van der Waals surface area contributed by atoms with Gasteiger partial charge in [0.2, 0.25) is 0 Å². The number of nitrogens with one attached hydrogen (secondary N) is 1. The summed E-state index contributed by atoms with van der Waals surface area (Å²) in [4.78, 5) is 24.0. The summed E-state index contributed by atoms with van der Waals surface area (Å²) in [6.07, 6.45) is 3.04. The summed E-state index contributed by atoms with van der Waals surface area (Å²) in [5.41, 5.74) is 2.07. The number of amides is 1. The minimum Gasteiger partial charge on any atom is -0.452 e. The summed E-state index contributed by atoms with van der Waals surface area (Å²) in [7, 11) is 0. The molecule has 2 aromatic carbocycles. The number of benzene rings is 2. The number of ether oxygens (including phenoxy) is 1. The molecule has 0 saturated heterocycles. The molecule has 6 nitrogen and oxygen atoms in total. The van der Waals surface area contributed by atoms with Crippen LogP contribution in [0.3, 0.4) is 0 Å². The first-order chi connectivity index (χ1) is 12.6. The average Bonchev–Trinajstić information content (AvgIpc) is 3.11. The van der Waals surface area contributed by atoms with Crippen molar-refractivity contribution in [3.63, 3.8) is 0 Å². The number of rotatable bonds is 6. The van der Waals surface area contributed by atoms with Crippen molar-refractivity contribution in [3.05, 3.63) is 81.7 Å². The minimum atomic E-state index is -0.581. The van der Waals surface area contributed by atoms with Gasteiger partial charge in [-0.25, -0.2) is 4.79 Å². The van der Waals surface area contributed by atoms with Gasteiger partial charge in [-0.3, -0.25) is 9.48 Å². The topological polar surface area (TPSA) is 73.2 Å². The molecule has 3 aromatic rings. The maximum Gasteiger partial charge on any atom is 0.341 e. The molecule has 0 fully saturated rings. The lowest BCUT2D eigenvalue weighted by molar-refractivity contribution is -0.119. The van der Waals surface area contributed by atoms with E-state index in [9.17, 15) is 9.59 Å². The number of para-hydroxylation sites is 1. The van der Waals surface area contributed by atoms with Gasteiger partial charge in [0, 0.05) is 9.77 Å². The minimum absolute atomic E-state index is 0.308. The van der Waals surface area contributed by atoms with Crippen LogP contribution >= 0.6 is 22.6 Å². The Balaban J connectivity index is 1.52. The molecule has 0 aliphatic heterocycles. The van der Waals surface area contributed by atoms with Crippen molar-refractivity contribution in [2.24, 2.45) is 0 Å². The van der Waals surface area contributed by atoms with Gasteiger partial charge < -0.3 is 10.1 Å². The second-order valence-corrected chi connectivity index (χ2v) is 6.68. The molecule has 0 aliphatic rings. The standard InChI is InChI=1S/C19H16IN3O3/c20-16-8-4-5-9-17(16)22-18(24)13-26-19(25)15-10-21-23(12-15)11-14-6-2-1-3-7-14/h1-10,12H,11,13H2,(H,22,24). The number of aromatic nitrogens is 2. The van der Waals surface area contributed by atoms with Gasteiger partial charge in [0.05, 0.1) is 24.0 Å². The quantitative estimate of drug-likeness (QED) is 0.452. The predicted molar refractivity (Wildman–Crippen MR) is 106 cm³/mol. The van der Waals surface area contributed by atoms with Crippen LogP contribution in [0.15, 0.2) is 67.0 Å². The third kappa shape index (κ3) is 4.92. The van der Waals surface area contributed by atoms with Crippen LogP contribution in [0.4, 0.5) is 5.69 Å². The molecule has 132 valence electrons. The third-order valence-corrected chi connectivity index (χ3v) is 4.48. The Morgan fingerprint density at radius 2 is 1.81 bits per heavy atom. The molecule has 0 bridgehead atoms. The van der Waals surface area contributed by atoms with E-state index in [1.54, 1.807) is 16.9 Å². The second-order valence-electron chi connectivity index (χ2n) is 5.52. The molecule has 1 aromatic heterocycles. The number of hydrogen-bond acceptors (Lipinski definition) is 4. The Labute approximate surface area is 164 Å². The zero-order chi connectivity index (χ0) is 18.4. The fourth-order valence-electron chi connectivity index (χ4n) is 2.29. The van der Waals surface area contributed by atoms with Crippen molar-refractivity contribution >= 4 is 40.2 Å². The first-order valence-corrected chi connectivity index (χ1v) is 8.97. The zero-order valence-corrected chi connectivity index (χ0v) is 15.9. The molecule has 7 heteroatoms. The van der Waals surface area contributed by atoms with E-state index in [4.69, 9.17) is 4.74 Å². The fraction of sp³-hybridized carbons (Fsp3) is 0.105. The van der Waals surface area contributed by atoms with Gasteiger partial charge in [-0.05, 0) is 40.3 Å². The molecule has 0 unspecified atom stereocenters. The molecule has 3 rings (SSSR count). The van der Waals surface area contributed by atoms with Crippen LogP contribution in [0.25, 0.3) is 0 Å². The Bertz CT molecular complexity index is 909. The highest BCUT2D eigenvalue weighted by Crippen LogP contribution is 2.16. The smallest absolute Gasteiger partial charge is 0.341 e. The van der Waals surface area contributed by atoms with Crippen molar-refractivity contribution in [1.82, 2.24) is 9.78 Å². The Morgan fingerprint density at radius 1 is 1.08 bits per heavy atom. The lowest BCUT2D eigenvalue weighted by Gasteiger charge is -2.07. The van der Waals surface area contributed by atoms with Gasteiger partial charge in [0.25, 0.3) is 5.91 Å². The third-order valence-electron chi connectivity index (χ3n) is 3.54. The number of halogens is 1. The number of anilines is 1. The van der Waals surface area contributed by atoms with Gasteiger partial charge >= 0.3 is 5.97 Å². The highest BCUT2D eigenvalue weighted by molar-refractivity contribution is 14.1. The van der Waals surface area contributed by atoms with Crippen LogP contribution in [0.5, 0.6) is 0 Å². The van der Waals surface area contributed by atoms with Crippen molar-refractivity contribution in [2.45, 2.75) is 6.54 Å². The number of esters is 1.